The van der Waals surface area contributed by atoms with Crippen LogP contribution in [0.5, 0.6) is 0 Å². The van der Waals surface area contributed by atoms with Crippen molar-refractivity contribution in [2.45, 2.75) is 32.1 Å². The van der Waals surface area contributed by atoms with Crippen molar-refractivity contribution in [1.29, 1.82) is 0 Å². The van der Waals surface area contributed by atoms with Gasteiger partial charge in [0.1, 0.15) is 0 Å². The highest BCUT2D eigenvalue weighted by Gasteiger charge is 2.42. The van der Waals surface area contributed by atoms with Crippen LogP contribution in [0.3, 0.4) is 0 Å². The molecule has 1 N–H and O–H groups in total. The first kappa shape index (κ1) is 15.9. The Morgan fingerprint density at radius 3 is 2.96 bits per heavy atom. The van der Waals surface area contributed by atoms with E-state index in [1.54, 1.807) is 0 Å². The number of rotatable bonds is 4. The normalized spacial score (nSPS) is 32.5. The lowest BCUT2D eigenvalue weighted by molar-refractivity contribution is 0.156. The first-order valence-corrected chi connectivity index (χ1v) is 9.46. The van der Waals surface area contributed by atoms with E-state index in [1.165, 1.54) is 24.8 Å². The first-order chi connectivity index (χ1) is 11.8. The summed E-state index contributed by atoms with van der Waals surface area (Å²) < 4.78 is 5.65. The van der Waals surface area contributed by atoms with Crippen LogP contribution in [0, 0.1) is 11.3 Å². The smallest absolute Gasteiger partial charge is 0.193 e. The number of guanidine groups is 1. The Balaban J connectivity index is 1.36. The van der Waals surface area contributed by atoms with Gasteiger partial charge >= 0.3 is 0 Å². The maximum Gasteiger partial charge on any atom is 0.193 e. The molecule has 1 spiro atoms. The monoisotopic (exact) mass is 327 g/mol. The molecule has 0 aromatic heterocycles. The number of ether oxygens (including phenoxy) is 1. The molecular formula is C20H29N3O. The average molecular weight is 327 g/mol. The highest BCUT2D eigenvalue weighted by atomic mass is 16.5. The molecular weight excluding hydrogens is 298 g/mol. The molecule has 2 aliphatic heterocycles. The number of benzene rings is 1. The number of likely N-dealkylation sites (tertiary alicyclic amines) is 1. The molecule has 0 amide bonds. The van der Waals surface area contributed by atoms with E-state index in [2.05, 4.69) is 47.5 Å². The van der Waals surface area contributed by atoms with Crippen molar-refractivity contribution in [2.24, 2.45) is 16.3 Å². The van der Waals surface area contributed by atoms with Crippen LogP contribution in [0.25, 0.3) is 0 Å². The molecule has 2 heterocycles. The molecule has 1 aliphatic carbocycles. The van der Waals surface area contributed by atoms with Gasteiger partial charge in [0.05, 0.1) is 6.61 Å². The fourth-order valence-electron chi connectivity index (χ4n) is 4.27. The van der Waals surface area contributed by atoms with E-state index < -0.39 is 0 Å². The zero-order valence-electron chi connectivity index (χ0n) is 14.7. The second kappa shape index (κ2) is 6.75. The summed E-state index contributed by atoms with van der Waals surface area (Å²) in [7, 11) is 0. The Morgan fingerprint density at radius 1 is 1.33 bits per heavy atom. The molecule has 4 rings (SSSR count). The van der Waals surface area contributed by atoms with Crippen LogP contribution in [0.2, 0.25) is 0 Å². The second-order valence-corrected chi connectivity index (χ2v) is 7.68. The van der Waals surface area contributed by atoms with Gasteiger partial charge in [0.2, 0.25) is 0 Å². The van der Waals surface area contributed by atoms with Gasteiger partial charge in [0.25, 0.3) is 0 Å². The van der Waals surface area contributed by atoms with Gasteiger partial charge in [-0.05, 0) is 43.6 Å². The predicted octanol–water partition coefficient (Wildman–Crippen LogP) is 2.87. The molecule has 130 valence electrons. The molecule has 2 saturated heterocycles. The standard InChI is InChI=1S/C20H29N3O/c1-2-21-19(23-10-8-20(14-23)9-11-24-15-20)22-13-17-12-18(17)16-6-4-3-5-7-16/h3-7,17-18H,2,8-15H2,1H3,(H,21,22). The number of aliphatic imine (C=N–C) groups is 1. The summed E-state index contributed by atoms with van der Waals surface area (Å²) in [6.45, 7) is 8.12. The summed E-state index contributed by atoms with van der Waals surface area (Å²) in [5, 5.41) is 3.50. The number of hydrogen-bond donors (Lipinski definition) is 1. The highest BCUT2D eigenvalue weighted by molar-refractivity contribution is 5.80. The summed E-state index contributed by atoms with van der Waals surface area (Å²) in [4.78, 5) is 7.43. The third-order valence-corrected chi connectivity index (χ3v) is 5.88. The van der Waals surface area contributed by atoms with Gasteiger partial charge < -0.3 is 15.0 Å². The fourth-order valence-corrected chi connectivity index (χ4v) is 4.27. The van der Waals surface area contributed by atoms with Gasteiger partial charge in [-0.25, -0.2) is 0 Å². The van der Waals surface area contributed by atoms with Crippen LogP contribution >= 0.6 is 0 Å². The topological polar surface area (TPSA) is 36.9 Å². The Hall–Kier alpha value is -1.55. The van der Waals surface area contributed by atoms with Crippen LogP contribution in [0.4, 0.5) is 0 Å². The van der Waals surface area contributed by atoms with Gasteiger partial charge in [-0.15, -0.1) is 0 Å². The van der Waals surface area contributed by atoms with Gasteiger partial charge in [-0.2, -0.15) is 0 Å². The van der Waals surface area contributed by atoms with Gasteiger partial charge in [0.15, 0.2) is 5.96 Å². The molecule has 3 unspecified atom stereocenters. The molecule has 0 bridgehead atoms. The zero-order valence-corrected chi connectivity index (χ0v) is 14.7. The van der Waals surface area contributed by atoms with E-state index in [0.29, 0.717) is 17.3 Å². The van der Waals surface area contributed by atoms with E-state index in [4.69, 9.17) is 9.73 Å². The van der Waals surface area contributed by atoms with Crippen molar-refractivity contribution < 1.29 is 4.74 Å². The van der Waals surface area contributed by atoms with E-state index in [1.807, 2.05) is 0 Å². The summed E-state index contributed by atoms with van der Waals surface area (Å²) in [6, 6.07) is 10.9. The molecule has 3 atom stereocenters. The Labute approximate surface area is 145 Å². The van der Waals surface area contributed by atoms with Crippen LogP contribution in [0.15, 0.2) is 35.3 Å². The SMILES string of the molecule is CCNC(=NCC1CC1c1ccccc1)N1CCC2(CCOC2)C1. The van der Waals surface area contributed by atoms with Crippen molar-refractivity contribution in [2.75, 3.05) is 39.4 Å². The van der Waals surface area contributed by atoms with Gasteiger partial charge in [0, 0.05) is 38.2 Å². The van der Waals surface area contributed by atoms with Crippen LogP contribution in [-0.2, 0) is 4.74 Å². The summed E-state index contributed by atoms with van der Waals surface area (Å²) >= 11 is 0. The molecule has 1 saturated carbocycles. The van der Waals surface area contributed by atoms with Crippen molar-refractivity contribution in [3.05, 3.63) is 35.9 Å². The minimum absolute atomic E-state index is 0.391. The lowest BCUT2D eigenvalue weighted by atomic mass is 9.87. The Bertz CT molecular complexity index is 580. The third kappa shape index (κ3) is 3.30. The molecule has 4 nitrogen and oxygen atoms in total. The minimum Gasteiger partial charge on any atom is -0.381 e. The van der Waals surface area contributed by atoms with Crippen LogP contribution in [0.1, 0.15) is 37.7 Å². The van der Waals surface area contributed by atoms with E-state index >= 15 is 0 Å². The first-order valence-electron chi connectivity index (χ1n) is 9.46. The van der Waals surface area contributed by atoms with E-state index in [-0.39, 0.29) is 0 Å². The lowest BCUT2D eigenvalue weighted by Gasteiger charge is -2.25. The van der Waals surface area contributed by atoms with Crippen molar-refractivity contribution in [3.8, 4) is 0 Å². The van der Waals surface area contributed by atoms with E-state index in [9.17, 15) is 0 Å². The summed E-state index contributed by atoms with van der Waals surface area (Å²) in [5.41, 5.74) is 1.87. The number of nitrogens with zero attached hydrogens (tertiary/aromatic N) is 2. The van der Waals surface area contributed by atoms with Crippen LogP contribution in [-0.4, -0.2) is 50.3 Å². The van der Waals surface area contributed by atoms with Crippen molar-refractivity contribution in [1.82, 2.24) is 10.2 Å². The Kier molecular flexibility index (Phi) is 4.49. The summed E-state index contributed by atoms with van der Waals surface area (Å²) in [5.74, 6) is 2.54. The average Bonchev–Trinajstić information content (AvgIpc) is 3.05. The van der Waals surface area contributed by atoms with Gasteiger partial charge in [-0.3, -0.25) is 4.99 Å². The molecule has 3 fully saturated rings. The molecule has 24 heavy (non-hydrogen) atoms. The Morgan fingerprint density at radius 2 is 2.21 bits per heavy atom. The number of hydrogen-bond acceptors (Lipinski definition) is 2. The maximum atomic E-state index is 5.65. The predicted molar refractivity (Wildman–Crippen MR) is 97.3 cm³/mol. The third-order valence-electron chi connectivity index (χ3n) is 5.88. The van der Waals surface area contributed by atoms with Crippen molar-refractivity contribution >= 4 is 5.96 Å². The van der Waals surface area contributed by atoms with Crippen molar-refractivity contribution in [3.63, 3.8) is 0 Å². The number of nitrogens with one attached hydrogen (secondary N) is 1. The van der Waals surface area contributed by atoms with E-state index in [0.717, 1.165) is 45.4 Å². The largest absolute Gasteiger partial charge is 0.381 e. The maximum absolute atomic E-state index is 5.65. The van der Waals surface area contributed by atoms with Crippen LogP contribution < -0.4 is 5.32 Å². The molecule has 0 radical (unpaired) electrons. The summed E-state index contributed by atoms with van der Waals surface area (Å²) in [6.07, 6.45) is 3.74. The second-order valence-electron chi connectivity index (χ2n) is 7.68. The zero-order chi connectivity index (χ0) is 16.4. The molecule has 1 aromatic rings. The highest BCUT2D eigenvalue weighted by Crippen LogP contribution is 2.47. The van der Waals surface area contributed by atoms with Gasteiger partial charge in [-0.1, -0.05) is 30.3 Å². The lowest BCUT2D eigenvalue weighted by Crippen LogP contribution is -2.41. The minimum atomic E-state index is 0.391. The quantitative estimate of drug-likeness (QED) is 0.682. The molecule has 1 aromatic carbocycles. The molecule has 4 heteroatoms. The molecule has 3 aliphatic rings. The fraction of sp³-hybridized carbons (Fsp3) is 0.650.